The van der Waals surface area contributed by atoms with Gasteiger partial charge in [0.15, 0.2) is 0 Å². The van der Waals surface area contributed by atoms with Crippen molar-refractivity contribution < 1.29 is 19.1 Å². The lowest BCUT2D eigenvalue weighted by atomic mass is 10.2. The van der Waals surface area contributed by atoms with Gasteiger partial charge >= 0.3 is 0 Å². The van der Waals surface area contributed by atoms with Gasteiger partial charge in [0.05, 0.1) is 20.8 Å². The molecule has 1 aromatic rings. The van der Waals surface area contributed by atoms with E-state index < -0.39 is 0 Å². The van der Waals surface area contributed by atoms with E-state index in [1.54, 1.807) is 32.4 Å². The molecule has 0 aliphatic carbocycles. The van der Waals surface area contributed by atoms with Crippen molar-refractivity contribution in [2.75, 3.05) is 14.2 Å². The van der Waals surface area contributed by atoms with Crippen LogP contribution in [0.1, 0.15) is 5.56 Å². The van der Waals surface area contributed by atoms with Gasteiger partial charge in [-0.3, -0.25) is 14.5 Å². The summed E-state index contributed by atoms with van der Waals surface area (Å²) in [5.74, 6) is 0.636. The number of ether oxygens (including phenoxy) is 2. The molecule has 0 bridgehead atoms. The monoisotopic (exact) mass is 247 g/mol. The van der Waals surface area contributed by atoms with Crippen LogP contribution in [-0.2, 0) is 16.1 Å². The third kappa shape index (κ3) is 2.34. The van der Waals surface area contributed by atoms with Crippen molar-refractivity contribution in [2.45, 2.75) is 6.54 Å². The minimum atomic E-state index is -0.304. The molecule has 0 unspecified atom stereocenters. The number of amides is 2. The fraction of sp³-hybridized carbons (Fsp3) is 0.231. The molecule has 1 aliphatic heterocycles. The summed E-state index contributed by atoms with van der Waals surface area (Å²) in [6.07, 6.45) is 2.53. The van der Waals surface area contributed by atoms with Crippen molar-refractivity contribution in [3.8, 4) is 11.5 Å². The Morgan fingerprint density at radius 2 is 1.44 bits per heavy atom. The molecule has 18 heavy (non-hydrogen) atoms. The van der Waals surface area contributed by atoms with Gasteiger partial charge in [-0.05, 0) is 17.7 Å². The maximum Gasteiger partial charge on any atom is 0.253 e. The van der Waals surface area contributed by atoms with Gasteiger partial charge in [-0.1, -0.05) is 0 Å². The van der Waals surface area contributed by atoms with Crippen LogP contribution in [-0.4, -0.2) is 30.9 Å². The molecule has 0 aromatic heterocycles. The van der Waals surface area contributed by atoms with Crippen molar-refractivity contribution in [1.29, 1.82) is 0 Å². The zero-order valence-corrected chi connectivity index (χ0v) is 10.2. The van der Waals surface area contributed by atoms with Crippen LogP contribution in [0.5, 0.6) is 11.5 Å². The van der Waals surface area contributed by atoms with Crippen LogP contribution in [0.15, 0.2) is 30.4 Å². The number of carbonyl (C=O) groups excluding carboxylic acids is 2. The second-order valence-electron chi connectivity index (χ2n) is 3.82. The minimum Gasteiger partial charge on any atom is -0.497 e. The summed E-state index contributed by atoms with van der Waals surface area (Å²) >= 11 is 0. The number of imide groups is 1. The van der Waals surface area contributed by atoms with Crippen molar-refractivity contribution in [3.05, 3.63) is 35.9 Å². The molecule has 2 amide bonds. The highest BCUT2D eigenvalue weighted by molar-refractivity contribution is 6.12. The van der Waals surface area contributed by atoms with E-state index >= 15 is 0 Å². The minimum absolute atomic E-state index is 0.207. The van der Waals surface area contributed by atoms with E-state index in [1.807, 2.05) is 0 Å². The predicted octanol–water partition coefficient (Wildman–Crippen LogP) is 1.13. The van der Waals surface area contributed by atoms with E-state index in [0.717, 1.165) is 10.5 Å². The highest BCUT2D eigenvalue weighted by Crippen LogP contribution is 2.24. The van der Waals surface area contributed by atoms with Crippen molar-refractivity contribution in [1.82, 2.24) is 4.90 Å². The smallest absolute Gasteiger partial charge is 0.253 e. The topological polar surface area (TPSA) is 55.8 Å². The molecule has 5 nitrogen and oxygen atoms in total. The van der Waals surface area contributed by atoms with Crippen LogP contribution in [0.25, 0.3) is 0 Å². The fourth-order valence-corrected chi connectivity index (χ4v) is 1.73. The quantitative estimate of drug-likeness (QED) is 0.748. The lowest BCUT2D eigenvalue weighted by molar-refractivity contribution is -0.137. The molecule has 0 saturated carbocycles. The summed E-state index contributed by atoms with van der Waals surface area (Å²) in [5.41, 5.74) is 0.775. The molecule has 0 atom stereocenters. The molecule has 1 aromatic carbocycles. The van der Waals surface area contributed by atoms with E-state index in [1.165, 1.54) is 12.2 Å². The van der Waals surface area contributed by atoms with E-state index in [0.29, 0.717) is 11.5 Å². The summed E-state index contributed by atoms with van der Waals surface area (Å²) in [5, 5.41) is 0. The average molecular weight is 247 g/mol. The SMILES string of the molecule is COc1cc(CN2C(=O)C=CC2=O)cc(OC)c1. The third-order valence-electron chi connectivity index (χ3n) is 2.65. The molecule has 1 heterocycles. The summed E-state index contributed by atoms with van der Waals surface area (Å²) in [6, 6.07) is 5.26. The molecule has 0 fully saturated rings. The molecule has 2 rings (SSSR count). The fourth-order valence-electron chi connectivity index (χ4n) is 1.73. The first-order valence-corrected chi connectivity index (χ1v) is 5.39. The Morgan fingerprint density at radius 3 is 1.89 bits per heavy atom. The number of nitrogens with zero attached hydrogens (tertiary/aromatic N) is 1. The summed E-state index contributed by atoms with van der Waals surface area (Å²) < 4.78 is 10.3. The largest absolute Gasteiger partial charge is 0.497 e. The lowest BCUT2D eigenvalue weighted by Crippen LogP contribution is -2.29. The maximum absolute atomic E-state index is 11.5. The Balaban J connectivity index is 2.23. The number of benzene rings is 1. The molecule has 94 valence electrons. The Labute approximate surface area is 105 Å². The van der Waals surface area contributed by atoms with Gasteiger partial charge in [-0.2, -0.15) is 0 Å². The van der Waals surface area contributed by atoms with Crippen molar-refractivity contribution in [2.24, 2.45) is 0 Å². The molecule has 1 aliphatic rings. The Hall–Kier alpha value is -2.30. The van der Waals surface area contributed by atoms with E-state index in [9.17, 15) is 9.59 Å². The molecule has 0 saturated heterocycles. The molecule has 5 heteroatoms. The van der Waals surface area contributed by atoms with E-state index in [2.05, 4.69) is 0 Å². The highest BCUT2D eigenvalue weighted by atomic mass is 16.5. The number of methoxy groups -OCH3 is 2. The van der Waals surface area contributed by atoms with Gasteiger partial charge in [0.25, 0.3) is 11.8 Å². The summed E-state index contributed by atoms with van der Waals surface area (Å²) in [4.78, 5) is 24.1. The van der Waals surface area contributed by atoms with Gasteiger partial charge < -0.3 is 9.47 Å². The normalized spacial score (nSPS) is 14.2. The molecular formula is C13H13NO4. The van der Waals surface area contributed by atoms with Crippen LogP contribution >= 0.6 is 0 Å². The number of hydrogen-bond donors (Lipinski definition) is 0. The van der Waals surface area contributed by atoms with Crippen LogP contribution in [0, 0.1) is 0 Å². The van der Waals surface area contributed by atoms with Gasteiger partial charge in [0, 0.05) is 18.2 Å². The zero-order chi connectivity index (χ0) is 13.1. The van der Waals surface area contributed by atoms with Gasteiger partial charge in [-0.15, -0.1) is 0 Å². The Kier molecular flexibility index (Phi) is 3.32. The first kappa shape index (κ1) is 12.2. The predicted molar refractivity (Wildman–Crippen MR) is 64.2 cm³/mol. The van der Waals surface area contributed by atoms with E-state index in [-0.39, 0.29) is 18.4 Å². The number of hydrogen-bond acceptors (Lipinski definition) is 4. The molecule has 0 N–H and O–H groups in total. The van der Waals surface area contributed by atoms with Crippen LogP contribution in [0.3, 0.4) is 0 Å². The first-order chi connectivity index (χ1) is 8.63. The van der Waals surface area contributed by atoms with Gasteiger partial charge in [-0.25, -0.2) is 0 Å². The lowest BCUT2D eigenvalue weighted by Gasteiger charge is -2.15. The average Bonchev–Trinajstić information content (AvgIpc) is 2.70. The van der Waals surface area contributed by atoms with Gasteiger partial charge in [0.1, 0.15) is 11.5 Å². The maximum atomic E-state index is 11.5. The highest BCUT2D eigenvalue weighted by Gasteiger charge is 2.23. The first-order valence-electron chi connectivity index (χ1n) is 5.39. The third-order valence-corrected chi connectivity index (χ3v) is 2.65. The van der Waals surface area contributed by atoms with Crippen molar-refractivity contribution >= 4 is 11.8 Å². The van der Waals surface area contributed by atoms with Crippen LogP contribution in [0.2, 0.25) is 0 Å². The summed E-state index contributed by atoms with van der Waals surface area (Å²) in [6.45, 7) is 0.207. The molecule has 0 spiro atoms. The van der Waals surface area contributed by atoms with Crippen LogP contribution < -0.4 is 9.47 Å². The van der Waals surface area contributed by atoms with Gasteiger partial charge in [0.2, 0.25) is 0 Å². The zero-order valence-electron chi connectivity index (χ0n) is 10.2. The van der Waals surface area contributed by atoms with Crippen LogP contribution in [0.4, 0.5) is 0 Å². The molecular weight excluding hydrogens is 234 g/mol. The van der Waals surface area contributed by atoms with E-state index in [4.69, 9.17) is 9.47 Å². The van der Waals surface area contributed by atoms with Crippen molar-refractivity contribution in [3.63, 3.8) is 0 Å². The summed E-state index contributed by atoms with van der Waals surface area (Å²) in [7, 11) is 3.10. The number of rotatable bonds is 4. The second-order valence-corrected chi connectivity index (χ2v) is 3.82. The number of carbonyl (C=O) groups is 2. The Morgan fingerprint density at radius 1 is 0.944 bits per heavy atom. The standard InChI is InChI=1S/C13H13NO4/c1-17-10-5-9(6-11(7-10)18-2)8-14-12(15)3-4-13(14)16/h3-7H,8H2,1-2H3. The second kappa shape index (κ2) is 4.91. The molecule has 0 radical (unpaired) electrons. The Bertz CT molecular complexity index is 481.